The molecule has 182 valence electrons. The molecule has 0 bridgehead atoms. The molecule has 0 aromatic carbocycles. The Morgan fingerprint density at radius 1 is 0.844 bits per heavy atom. The quantitative estimate of drug-likeness (QED) is 0.425. The highest BCUT2D eigenvalue weighted by molar-refractivity contribution is 5.31. The third-order valence-corrected chi connectivity index (χ3v) is 13.4. The van der Waals surface area contributed by atoms with Crippen LogP contribution in [0.1, 0.15) is 119 Å². The second kappa shape index (κ2) is 7.11. The molecule has 9 atom stereocenters. The predicted molar refractivity (Wildman–Crippen MR) is 135 cm³/mol. The van der Waals surface area contributed by atoms with Gasteiger partial charge in [-0.1, -0.05) is 60.6 Å². The Morgan fingerprint density at radius 3 is 2.19 bits per heavy atom. The molecule has 5 fully saturated rings. The van der Waals surface area contributed by atoms with Gasteiger partial charge in [0.15, 0.2) is 0 Å². The number of rotatable bonds is 5. The lowest BCUT2D eigenvalue weighted by molar-refractivity contribution is -0.160. The summed E-state index contributed by atoms with van der Waals surface area (Å²) in [6, 6.07) is 0. The Morgan fingerprint density at radius 2 is 1.50 bits per heavy atom. The Labute approximate surface area is 199 Å². The molecule has 0 aliphatic heterocycles. The molecule has 5 saturated carbocycles. The van der Waals surface area contributed by atoms with Gasteiger partial charge in [-0.3, -0.25) is 0 Å². The van der Waals surface area contributed by atoms with Crippen molar-refractivity contribution in [2.24, 2.45) is 56.7 Å². The van der Waals surface area contributed by atoms with Gasteiger partial charge in [0.1, 0.15) is 0 Å². The Balaban J connectivity index is 1.41. The molecule has 5 aliphatic carbocycles. The molecule has 1 nitrogen and oxygen atoms in total. The smallest absolute Gasteiger partial charge is 0.0594 e. The zero-order chi connectivity index (χ0) is 23.3. The normalized spacial score (nSPS) is 51.9. The number of hydrogen-bond donors (Lipinski definition) is 1. The van der Waals surface area contributed by atoms with Gasteiger partial charge in [-0.2, -0.15) is 0 Å². The van der Waals surface area contributed by atoms with Crippen molar-refractivity contribution in [3.8, 4) is 0 Å². The van der Waals surface area contributed by atoms with Crippen LogP contribution in [0.15, 0.2) is 12.2 Å². The van der Waals surface area contributed by atoms with E-state index in [4.69, 9.17) is 0 Å². The highest BCUT2D eigenvalue weighted by Gasteiger charge is 2.82. The van der Waals surface area contributed by atoms with Crippen molar-refractivity contribution in [2.45, 2.75) is 125 Å². The van der Waals surface area contributed by atoms with E-state index >= 15 is 0 Å². The van der Waals surface area contributed by atoms with Crippen LogP contribution in [0.3, 0.4) is 0 Å². The average Bonchev–Trinajstić information content (AvgIpc) is 3.31. The molecule has 0 heterocycles. The molecule has 1 N–H and O–H groups in total. The summed E-state index contributed by atoms with van der Waals surface area (Å²) in [4.78, 5) is 0. The second-order valence-electron chi connectivity index (χ2n) is 14.9. The minimum atomic E-state index is -0.0923. The first-order valence-corrected chi connectivity index (χ1v) is 14.2. The third-order valence-electron chi connectivity index (χ3n) is 13.4. The lowest BCUT2D eigenvalue weighted by Crippen LogP contribution is -2.57. The maximum Gasteiger partial charge on any atom is 0.0594 e. The van der Waals surface area contributed by atoms with Crippen LogP contribution in [0.5, 0.6) is 0 Å². The predicted octanol–water partition coefficient (Wildman–Crippen LogP) is 8.41. The van der Waals surface area contributed by atoms with Crippen LogP contribution in [0.4, 0.5) is 0 Å². The maximum absolute atomic E-state index is 10.9. The molecular weight excluding hydrogens is 388 g/mol. The van der Waals surface area contributed by atoms with Gasteiger partial charge in [-0.15, -0.1) is 0 Å². The number of aliphatic hydroxyl groups excluding tert-OH is 1. The molecule has 5 aliphatic rings. The summed E-state index contributed by atoms with van der Waals surface area (Å²) >= 11 is 0. The summed E-state index contributed by atoms with van der Waals surface area (Å²) in [7, 11) is 0. The van der Waals surface area contributed by atoms with E-state index in [0.717, 1.165) is 30.1 Å². The van der Waals surface area contributed by atoms with E-state index in [2.05, 4.69) is 55.0 Å². The lowest BCUT2D eigenvalue weighted by Gasteiger charge is -2.63. The topological polar surface area (TPSA) is 20.2 Å². The molecule has 5 rings (SSSR count). The molecule has 0 saturated heterocycles. The van der Waals surface area contributed by atoms with E-state index in [1.165, 1.54) is 69.8 Å². The first-order valence-electron chi connectivity index (χ1n) is 14.2. The van der Waals surface area contributed by atoms with Gasteiger partial charge in [0, 0.05) is 0 Å². The zero-order valence-electron chi connectivity index (χ0n) is 22.4. The lowest BCUT2D eigenvalue weighted by atomic mass is 9.41. The van der Waals surface area contributed by atoms with Crippen LogP contribution in [-0.4, -0.2) is 11.2 Å². The Bertz CT molecular complexity index is 779. The minimum absolute atomic E-state index is 0.0923. The van der Waals surface area contributed by atoms with Crippen molar-refractivity contribution in [1.82, 2.24) is 0 Å². The molecular formula is C31H52O. The average molecular weight is 441 g/mol. The first-order chi connectivity index (χ1) is 14.9. The van der Waals surface area contributed by atoms with Gasteiger partial charge in [-0.05, 0) is 127 Å². The highest BCUT2D eigenvalue weighted by atomic mass is 16.3. The zero-order valence-corrected chi connectivity index (χ0v) is 22.4. The largest absolute Gasteiger partial charge is 0.393 e. The van der Waals surface area contributed by atoms with E-state index in [1.807, 2.05) is 0 Å². The SMILES string of the molecule is C=C(CCC(C)C)C(C)C1CCC2(C)C3CCC4C(C)(C)C(O)CCC45CC35CCC12C. The second-order valence-corrected chi connectivity index (χ2v) is 14.9. The van der Waals surface area contributed by atoms with Crippen molar-refractivity contribution in [3.05, 3.63) is 12.2 Å². The van der Waals surface area contributed by atoms with Gasteiger partial charge in [0.25, 0.3) is 0 Å². The van der Waals surface area contributed by atoms with Gasteiger partial charge >= 0.3 is 0 Å². The fourth-order valence-electron chi connectivity index (χ4n) is 11.2. The van der Waals surface area contributed by atoms with Gasteiger partial charge in [0.05, 0.1) is 6.10 Å². The van der Waals surface area contributed by atoms with Gasteiger partial charge in [0.2, 0.25) is 0 Å². The molecule has 0 aromatic heterocycles. The highest BCUT2D eigenvalue weighted by Crippen LogP contribution is 2.89. The van der Waals surface area contributed by atoms with E-state index in [-0.39, 0.29) is 11.5 Å². The number of aliphatic hydroxyl groups is 1. The number of fused-ring (bicyclic) bond motifs is 2. The first kappa shape index (κ1) is 23.4. The minimum Gasteiger partial charge on any atom is -0.393 e. The van der Waals surface area contributed by atoms with Crippen molar-refractivity contribution >= 4 is 0 Å². The van der Waals surface area contributed by atoms with E-state index < -0.39 is 0 Å². The van der Waals surface area contributed by atoms with Crippen molar-refractivity contribution < 1.29 is 5.11 Å². The molecule has 9 unspecified atom stereocenters. The Hall–Kier alpha value is -0.300. The summed E-state index contributed by atoms with van der Waals surface area (Å²) in [6.07, 6.45) is 14.8. The molecule has 2 spiro atoms. The van der Waals surface area contributed by atoms with Gasteiger partial charge < -0.3 is 5.11 Å². The van der Waals surface area contributed by atoms with Crippen LogP contribution >= 0.6 is 0 Å². The van der Waals surface area contributed by atoms with Crippen molar-refractivity contribution in [1.29, 1.82) is 0 Å². The van der Waals surface area contributed by atoms with E-state index in [0.29, 0.717) is 27.6 Å². The van der Waals surface area contributed by atoms with Crippen LogP contribution < -0.4 is 0 Å². The van der Waals surface area contributed by atoms with Gasteiger partial charge in [-0.25, -0.2) is 0 Å². The Kier molecular flexibility index (Phi) is 5.21. The number of allylic oxidation sites excluding steroid dienone is 1. The van der Waals surface area contributed by atoms with Crippen molar-refractivity contribution in [3.63, 3.8) is 0 Å². The van der Waals surface area contributed by atoms with Crippen molar-refractivity contribution in [2.75, 3.05) is 0 Å². The van der Waals surface area contributed by atoms with Crippen LogP contribution in [0.25, 0.3) is 0 Å². The molecule has 0 aromatic rings. The summed E-state index contributed by atoms with van der Waals surface area (Å²) < 4.78 is 0. The van der Waals surface area contributed by atoms with E-state index in [1.54, 1.807) is 0 Å². The standard InChI is InChI=1S/C31H52O/c1-20(2)9-10-21(3)22(4)23-13-15-29(8)25-12-11-24-27(5,6)26(32)14-16-30(24)19-31(25,30)18-17-28(23,29)7/h20,22-26,32H,3,9-19H2,1-2,4-8H3. The van der Waals surface area contributed by atoms with Crippen LogP contribution in [-0.2, 0) is 0 Å². The molecule has 32 heavy (non-hydrogen) atoms. The summed E-state index contributed by atoms with van der Waals surface area (Å²) in [6.45, 7) is 22.1. The summed E-state index contributed by atoms with van der Waals surface area (Å²) in [5, 5.41) is 10.9. The van der Waals surface area contributed by atoms with Crippen LogP contribution in [0.2, 0.25) is 0 Å². The summed E-state index contributed by atoms with van der Waals surface area (Å²) in [5.41, 5.74) is 3.78. The fraction of sp³-hybridized carbons (Fsp3) is 0.935. The fourth-order valence-corrected chi connectivity index (χ4v) is 11.2. The monoisotopic (exact) mass is 440 g/mol. The number of hydrogen-bond acceptors (Lipinski definition) is 1. The van der Waals surface area contributed by atoms with Crippen LogP contribution in [0, 0.1) is 56.7 Å². The molecule has 0 radical (unpaired) electrons. The summed E-state index contributed by atoms with van der Waals surface area (Å²) in [5.74, 6) is 3.92. The third kappa shape index (κ3) is 2.73. The maximum atomic E-state index is 10.9. The molecule has 0 amide bonds. The van der Waals surface area contributed by atoms with E-state index in [9.17, 15) is 5.11 Å². The molecule has 1 heteroatoms.